The Kier molecular flexibility index (Phi) is 3.74. The summed E-state index contributed by atoms with van der Waals surface area (Å²) in [4.78, 5) is 21.2. The number of nitrogens with one attached hydrogen (secondary N) is 1. The molecule has 144 valence electrons. The fourth-order valence-electron chi connectivity index (χ4n) is 3.77. The van der Waals surface area contributed by atoms with Crippen LogP contribution in [0.3, 0.4) is 0 Å². The van der Waals surface area contributed by atoms with Crippen molar-refractivity contribution in [1.29, 1.82) is 0 Å². The molecule has 0 spiro atoms. The van der Waals surface area contributed by atoms with E-state index in [0.717, 1.165) is 11.0 Å². The first-order chi connectivity index (χ1) is 13.9. The molecule has 3 aromatic carbocycles. The number of amides is 1. The molecule has 1 aliphatic rings. The van der Waals surface area contributed by atoms with Crippen molar-refractivity contribution < 1.29 is 18.7 Å². The highest BCUT2D eigenvalue weighted by molar-refractivity contribution is 6.31. The average molecular weight is 412 g/mol. The van der Waals surface area contributed by atoms with Gasteiger partial charge in [0.25, 0.3) is 5.91 Å². The molecule has 0 radical (unpaired) electrons. The summed E-state index contributed by atoms with van der Waals surface area (Å²) in [6.45, 7) is 0. The largest absolute Gasteiger partial charge is 0.363 e. The van der Waals surface area contributed by atoms with Gasteiger partial charge in [-0.2, -0.15) is 0 Å². The zero-order valence-electron chi connectivity index (χ0n) is 14.7. The molecule has 5 rings (SSSR count). The van der Waals surface area contributed by atoms with Gasteiger partial charge in [-0.05, 0) is 24.3 Å². The molecular formula is C21H12ClF2N3O2. The Morgan fingerprint density at radius 1 is 1.07 bits per heavy atom. The van der Waals surface area contributed by atoms with Crippen molar-refractivity contribution in [3.8, 4) is 0 Å². The van der Waals surface area contributed by atoms with Crippen LogP contribution in [0, 0.1) is 11.6 Å². The molecule has 1 aromatic heterocycles. The van der Waals surface area contributed by atoms with Gasteiger partial charge in [-0.1, -0.05) is 35.9 Å². The monoisotopic (exact) mass is 411 g/mol. The maximum Gasteiger partial charge on any atom is 0.261 e. The van der Waals surface area contributed by atoms with Crippen LogP contribution in [0.2, 0.25) is 5.02 Å². The molecule has 1 unspecified atom stereocenters. The van der Waals surface area contributed by atoms with E-state index in [4.69, 9.17) is 11.6 Å². The molecule has 0 bridgehead atoms. The first-order valence-corrected chi connectivity index (χ1v) is 9.03. The van der Waals surface area contributed by atoms with E-state index in [1.807, 2.05) is 0 Å². The lowest BCUT2D eigenvalue weighted by molar-refractivity contribution is 0.0699. The van der Waals surface area contributed by atoms with E-state index < -0.39 is 23.3 Å². The fraction of sp³-hybridized carbons (Fsp3) is 0.0476. The number of aliphatic hydroxyl groups is 1. The number of anilines is 1. The van der Waals surface area contributed by atoms with Crippen LogP contribution in [-0.2, 0) is 5.72 Å². The van der Waals surface area contributed by atoms with Gasteiger partial charge in [-0.15, -0.1) is 0 Å². The predicted octanol–water partition coefficient (Wildman–Crippen LogP) is 4.35. The van der Waals surface area contributed by atoms with Gasteiger partial charge in [0.05, 0.1) is 28.1 Å². The summed E-state index contributed by atoms with van der Waals surface area (Å²) in [5.41, 5.74) is -0.266. The second-order valence-corrected chi connectivity index (χ2v) is 7.12. The van der Waals surface area contributed by atoms with E-state index in [9.17, 15) is 18.7 Å². The summed E-state index contributed by atoms with van der Waals surface area (Å²) >= 11 is 5.85. The van der Waals surface area contributed by atoms with E-state index in [2.05, 4.69) is 9.97 Å². The van der Waals surface area contributed by atoms with Crippen molar-refractivity contribution in [2.75, 3.05) is 4.90 Å². The summed E-state index contributed by atoms with van der Waals surface area (Å²) in [6, 6.07) is 12.9. The normalized spacial score (nSPS) is 18.5. The Labute approximate surface area is 168 Å². The van der Waals surface area contributed by atoms with Crippen molar-refractivity contribution in [3.05, 3.63) is 94.3 Å². The number of aromatic nitrogens is 2. The number of hydrogen-bond acceptors (Lipinski definition) is 3. The van der Waals surface area contributed by atoms with Crippen LogP contribution in [0.15, 0.2) is 60.9 Å². The van der Waals surface area contributed by atoms with Crippen LogP contribution in [0.25, 0.3) is 11.0 Å². The number of hydrogen-bond donors (Lipinski definition) is 2. The van der Waals surface area contributed by atoms with E-state index >= 15 is 0 Å². The maximum absolute atomic E-state index is 14.7. The van der Waals surface area contributed by atoms with Gasteiger partial charge in [-0.25, -0.2) is 13.8 Å². The van der Waals surface area contributed by atoms with E-state index in [1.54, 1.807) is 42.5 Å². The smallest absolute Gasteiger partial charge is 0.261 e. The third-order valence-corrected chi connectivity index (χ3v) is 5.40. The average Bonchev–Trinajstić information content (AvgIpc) is 3.27. The minimum atomic E-state index is -2.03. The van der Waals surface area contributed by atoms with Crippen molar-refractivity contribution in [3.63, 3.8) is 0 Å². The number of fused-ring (bicyclic) bond motifs is 2. The molecule has 2 N–H and O–H groups in total. The van der Waals surface area contributed by atoms with Gasteiger partial charge in [0, 0.05) is 22.8 Å². The first-order valence-electron chi connectivity index (χ1n) is 8.66. The number of carbonyl (C=O) groups is 1. The van der Waals surface area contributed by atoms with Crippen LogP contribution in [0.5, 0.6) is 0 Å². The standard InChI is InChI=1S/C21H12ClF2N3O2/c22-14-8-19(16(24)9-15(14)23)27-20(28)12-3-1-2-4-13(12)21(27,29)11-5-6-17-18(7-11)26-10-25-17/h1-10,29H,(H,25,26). The Bertz CT molecular complexity index is 1310. The van der Waals surface area contributed by atoms with Crippen LogP contribution in [0.4, 0.5) is 14.5 Å². The second-order valence-electron chi connectivity index (χ2n) is 6.71. The Morgan fingerprint density at radius 3 is 2.69 bits per heavy atom. The van der Waals surface area contributed by atoms with Gasteiger partial charge < -0.3 is 10.1 Å². The number of aromatic amines is 1. The molecule has 1 amide bonds. The van der Waals surface area contributed by atoms with Gasteiger partial charge in [0.1, 0.15) is 11.6 Å². The van der Waals surface area contributed by atoms with E-state index in [0.29, 0.717) is 22.7 Å². The summed E-state index contributed by atoms with van der Waals surface area (Å²) in [7, 11) is 0. The number of H-pyrrole nitrogens is 1. The molecule has 2 heterocycles. The van der Waals surface area contributed by atoms with Gasteiger partial charge >= 0.3 is 0 Å². The highest BCUT2D eigenvalue weighted by Gasteiger charge is 2.51. The molecule has 0 saturated carbocycles. The van der Waals surface area contributed by atoms with Crippen LogP contribution >= 0.6 is 11.6 Å². The quantitative estimate of drug-likeness (QED) is 0.482. The van der Waals surface area contributed by atoms with Crippen LogP contribution in [-0.4, -0.2) is 21.0 Å². The number of halogens is 3. The Hall–Kier alpha value is -3.29. The summed E-state index contributed by atoms with van der Waals surface area (Å²) in [5.74, 6) is -2.61. The highest BCUT2D eigenvalue weighted by atomic mass is 35.5. The number of benzene rings is 3. The SMILES string of the molecule is O=C1c2ccccc2C(O)(c2ccc3nc[nH]c3c2)N1c1cc(Cl)c(F)cc1F. The Morgan fingerprint density at radius 2 is 1.86 bits per heavy atom. The van der Waals surface area contributed by atoms with Crippen LogP contribution < -0.4 is 4.90 Å². The van der Waals surface area contributed by atoms with Gasteiger partial charge in [0.15, 0.2) is 5.72 Å². The van der Waals surface area contributed by atoms with Crippen molar-refractivity contribution in [2.24, 2.45) is 0 Å². The lowest BCUT2D eigenvalue weighted by Crippen LogP contribution is -2.45. The van der Waals surface area contributed by atoms with Gasteiger partial charge in [-0.3, -0.25) is 9.69 Å². The molecule has 0 fully saturated rings. The topological polar surface area (TPSA) is 69.2 Å². The lowest BCUT2D eigenvalue weighted by Gasteiger charge is -2.35. The fourth-order valence-corrected chi connectivity index (χ4v) is 3.92. The third kappa shape index (κ3) is 2.41. The minimum Gasteiger partial charge on any atom is -0.363 e. The second kappa shape index (κ2) is 6.10. The summed E-state index contributed by atoms with van der Waals surface area (Å²) in [5, 5.41) is 11.5. The van der Waals surface area contributed by atoms with Crippen molar-refractivity contribution in [2.45, 2.75) is 5.72 Å². The molecule has 1 aliphatic heterocycles. The minimum absolute atomic E-state index is 0.208. The predicted molar refractivity (Wildman–Crippen MR) is 104 cm³/mol. The molecule has 1 atom stereocenters. The zero-order valence-corrected chi connectivity index (χ0v) is 15.4. The number of imidazole rings is 1. The first kappa shape index (κ1) is 17.8. The Balaban J connectivity index is 1.81. The maximum atomic E-state index is 14.7. The number of carbonyl (C=O) groups excluding carboxylic acids is 1. The van der Waals surface area contributed by atoms with Crippen molar-refractivity contribution >= 4 is 34.2 Å². The highest BCUT2D eigenvalue weighted by Crippen LogP contribution is 2.46. The van der Waals surface area contributed by atoms with Crippen LogP contribution in [0.1, 0.15) is 21.5 Å². The molecule has 8 heteroatoms. The molecule has 5 nitrogen and oxygen atoms in total. The van der Waals surface area contributed by atoms with Gasteiger partial charge in [0.2, 0.25) is 0 Å². The van der Waals surface area contributed by atoms with E-state index in [1.165, 1.54) is 6.33 Å². The zero-order chi connectivity index (χ0) is 20.3. The molecule has 4 aromatic rings. The molecule has 29 heavy (non-hydrogen) atoms. The summed E-state index contributed by atoms with van der Waals surface area (Å²) in [6.07, 6.45) is 1.50. The molecule has 0 aliphatic carbocycles. The van der Waals surface area contributed by atoms with E-state index in [-0.39, 0.29) is 21.8 Å². The number of nitrogens with zero attached hydrogens (tertiary/aromatic N) is 2. The number of rotatable bonds is 2. The van der Waals surface area contributed by atoms with Crippen molar-refractivity contribution in [1.82, 2.24) is 9.97 Å². The lowest BCUT2D eigenvalue weighted by atomic mass is 9.93. The third-order valence-electron chi connectivity index (χ3n) is 5.11. The molecule has 0 saturated heterocycles. The summed E-state index contributed by atoms with van der Waals surface area (Å²) < 4.78 is 28.4. The molecular weight excluding hydrogens is 400 g/mol.